The minimum Gasteiger partial charge on any atom is -0.396 e. The molecule has 0 spiro atoms. The molecule has 5 rings (SSSR count). The van der Waals surface area contributed by atoms with Gasteiger partial charge in [0.05, 0.1) is 36.1 Å². The Hall–Kier alpha value is -0.440. The second kappa shape index (κ2) is 12.5. The Morgan fingerprint density at radius 1 is 0.886 bits per heavy atom. The number of methoxy groups -OCH3 is 1. The molecule has 11 heteroatoms. The van der Waals surface area contributed by atoms with Crippen LogP contribution in [0.15, 0.2) is 0 Å². The van der Waals surface area contributed by atoms with Gasteiger partial charge in [-0.05, 0) is 74.0 Å². The van der Waals surface area contributed by atoms with Crippen molar-refractivity contribution < 1.29 is 55.1 Å². The maximum absolute atomic E-state index is 12.6. The van der Waals surface area contributed by atoms with Crippen LogP contribution in [0.25, 0.3) is 0 Å². The van der Waals surface area contributed by atoms with E-state index in [0.717, 1.165) is 19.3 Å². The van der Waals surface area contributed by atoms with Crippen LogP contribution in [0.4, 0.5) is 0 Å². The molecule has 0 aromatic heterocycles. The third kappa shape index (κ3) is 5.21. The Kier molecular flexibility index (Phi) is 9.94. The lowest BCUT2D eigenvalue weighted by atomic mass is 9.40. The topological polar surface area (TPSA) is 190 Å². The molecular weight excluding hydrogens is 572 g/mol. The van der Waals surface area contributed by atoms with Crippen molar-refractivity contribution in [2.24, 2.45) is 40.4 Å². The van der Waals surface area contributed by atoms with Crippen LogP contribution in [0.5, 0.6) is 0 Å². The van der Waals surface area contributed by atoms with E-state index in [1.807, 2.05) is 13.8 Å². The summed E-state index contributed by atoms with van der Waals surface area (Å²) in [6, 6.07) is 0. The van der Waals surface area contributed by atoms with Crippen LogP contribution in [-0.4, -0.2) is 121 Å². The zero-order valence-electron chi connectivity index (χ0n) is 27.1. The summed E-state index contributed by atoms with van der Waals surface area (Å²) in [4.78, 5) is 0. The fraction of sp³-hybridized carbons (Fsp3) is 1.00. The van der Waals surface area contributed by atoms with E-state index in [0.29, 0.717) is 25.7 Å². The summed E-state index contributed by atoms with van der Waals surface area (Å²) in [7, 11) is 1.38. The minimum absolute atomic E-state index is 0.0900. The first-order valence-corrected chi connectivity index (χ1v) is 16.9. The molecule has 0 radical (unpaired) electrons. The van der Waals surface area contributed by atoms with Gasteiger partial charge in [-0.3, -0.25) is 0 Å². The third-order valence-electron chi connectivity index (χ3n) is 13.4. The number of hydrogen-bond donors (Lipinski definition) is 8. The number of fused-ring (bicyclic) bond motifs is 5. The van der Waals surface area contributed by atoms with Gasteiger partial charge in [-0.25, -0.2) is 0 Å². The van der Waals surface area contributed by atoms with Crippen LogP contribution < -0.4 is 0 Å². The SMILES string of the molecule is COC1C(OC2CCC3(C)C4CCC5(C)C(C(C)CCCC(C)CO)C(O)C(O)C5C4(O)CCC3(O)C2O)OCC(O)C1O. The summed E-state index contributed by atoms with van der Waals surface area (Å²) in [6.45, 7) is 8.17. The lowest BCUT2D eigenvalue weighted by Crippen LogP contribution is -2.75. The number of aliphatic hydroxyl groups excluding tert-OH is 6. The van der Waals surface area contributed by atoms with E-state index < -0.39 is 82.9 Å². The quantitative estimate of drug-likeness (QED) is 0.168. The number of rotatable bonds is 9. The minimum atomic E-state index is -1.59. The summed E-state index contributed by atoms with van der Waals surface area (Å²) in [5, 5.41) is 89.5. The molecule has 1 saturated heterocycles. The smallest absolute Gasteiger partial charge is 0.186 e. The van der Waals surface area contributed by atoms with Crippen molar-refractivity contribution in [1.29, 1.82) is 0 Å². The molecule has 1 heterocycles. The fourth-order valence-corrected chi connectivity index (χ4v) is 11.0. The van der Waals surface area contributed by atoms with Crippen LogP contribution in [0.1, 0.15) is 85.5 Å². The van der Waals surface area contributed by atoms with Gasteiger partial charge in [-0.15, -0.1) is 0 Å². The highest BCUT2D eigenvalue weighted by molar-refractivity contribution is 5.24. The summed E-state index contributed by atoms with van der Waals surface area (Å²) >= 11 is 0. The van der Waals surface area contributed by atoms with Gasteiger partial charge in [-0.1, -0.05) is 40.5 Å². The number of hydrogen-bond acceptors (Lipinski definition) is 11. The molecule has 0 bridgehead atoms. The van der Waals surface area contributed by atoms with Crippen molar-refractivity contribution in [3.63, 3.8) is 0 Å². The Morgan fingerprint density at radius 2 is 1.59 bits per heavy atom. The molecule has 1 aliphatic heterocycles. The predicted molar refractivity (Wildman–Crippen MR) is 159 cm³/mol. The average Bonchev–Trinajstić information content (AvgIpc) is 3.19. The van der Waals surface area contributed by atoms with E-state index in [4.69, 9.17) is 14.2 Å². The monoisotopic (exact) mass is 630 g/mol. The van der Waals surface area contributed by atoms with E-state index >= 15 is 0 Å². The first-order chi connectivity index (χ1) is 20.6. The highest BCUT2D eigenvalue weighted by atomic mass is 16.7. The zero-order chi connectivity index (χ0) is 32.4. The Labute approximate surface area is 261 Å². The first kappa shape index (κ1) is 34.9. The fourth-order valence-electron chi connectivity index (χ4n) is 11.0. The van der Waals surface area contributed by atoms with Crippen LogP contribution >= 0.6 is 0 Å². The molecule has 4 saturated carbocycles. The van der Waals surface area contributed by atoms with Gasteiger partial charge in [0.2, 0.25) is 0 Å². The van der Waals surface area contributed by atoms with Gasteiger partial charge in [-0.2, -0.15) is 0 Å². The van der Waals surface area contributed by atoms with Crippen LogP contribution in [0.3, 0.4) is 0 Å². The second-order valence-electron chi connectivity index (χ2n) is 15.7. The Balaban J connectivity index is 1.35. The van der Waals surface area contributed by atoms with Crippen molar-refractivity contribution in [3.8, 4) is 0 Å². The average molecular weight is 631 g/mol. The largest absolute Gasteiger partial charge is 0.396 e. The normalized spacial score (nSPS) is 53.8. The molecule has 0 amide bonds. The van der Waals surface area contributed by atoms with Gasteiger partial charge in [0.25, 0.3) is 0 Å². The molecule has 4 aliphatic carbocycles. The summed E-state index contributed by atoms with van der Waals surface area (Å²) in [5.74, 6) is -0.860. The molecule has 5 aliphatic rings. The molecule has 0 aromatic rings. The number of ether oxygens (including phenoxy) is 3. The molecular formula is C33H58O11. The summed E-state index contributed by atoms with van der Waals surface area (Å²) in [6.07, 6.45) is -3.57. The van der Waals surface area contributed by atoms with Gasteiger partial charge in [0.15, 0.2) is 6.29 Å². The van der Waals surface area contributed by atoms with Crippen molar-refractivity contribution in [1.82, 2.24) is 0 Å². The van der Waals surface area contributed by atoms with Gasteiger partial charge < -0.3 is 55.1 Å². The second-order valence-corrected chi connectivity index (χ2v) is 15.7. The highest BCUT2D eigenvalue weighted by Gasteiger charge is 2.75. The maximum Gasteiger partial charge on any atom is 0.186 e. The van der Waals surface area contributed by atoms with E-state index in [1.165, 1.54) is 7.11 Å². The predicted octanol–water partition coefficient (Wildman–Crippen LogP) is 0.701. The van der Waals surface area contributed by atoms with Gasteiger partial charge in [0, 0.05) is 25.0 Å². The van der Waals surface area contributed by atoms with Crippen LogP contribution in [0, 0.1) is 40.4 Å². The lowest BCUT2D eigenvalue weighted by Gasteiger charge is -2.68. The van der Waals surface area contributed by atoms with E-state index in [2.05, 4.69) is 13.8 Å². The molecule has 8 N–H and O–H groups in total. The maximum atomic E-state index is 12.6. The highest BCUT2D eigenvalue weighted by Crippen LogP contribution is 2.70. The van der Waals surface area contributed by atoms with Crippen molar-refractivity contribution in [3.05, 3.63) is 0 Å². The first-order valence-electron chi connectivity index (χ1n) is 16.9. The Morgan fingerprint density at radius 3 is 2.25 bits per heavy atom. The summed E-state index contributed by atoms with van der Waals surface area (Å²) < 4.78 is 17.1. The van der Waals surface area contributed by atoms with E-state index in [9.17, 15) is 40.9 Å². The number of aliphatic hydroxyl groups is 8. The van der Waals surface area contributed by atoms with Crippen molar-refractivity contribution >= 4 is 0 Å². The van der Waals surface area contributed by atoms with Gasteiger partial charge in [0.1, 0.15) is 24.4 Å². The lowest BCUT2D eigenvalue weighted by molar-refractivity contribution is -0.340. The molecule has 17 unspecified atom stereocenters. The summed E-state index contributed by atoms with van der Waals surface area (Å²) in [5.41, 5.74) is -4.32. The van der Waals surface area contributed by atoms with Crippen molar-refractivity contribution in [2.45, 2.75) is 146 Å². The molecule has 5 fully saturated rings. The van der Waals surface area contributed by atoms with Crippen LogP contribution in [-0.2, 0) is 14.2 Å². The van der Waals surface area contributed by atoms with Crippen molar-refractivity contribution in [2.75, 3.05) is 20.3 Å². The molecule has 0 aromatic carbocycles. The Bertz CT molecular complexity index is 1000. The molecule has 256 valence electrons. The van der Waals surface area contributed by atoms with E-state index in [-0.39, 0.29) is 43.8 Å². The standard InChI is InChI=1S/C33H58O11/c1-17(15-34)7-6-8-18(2)22-24(37)25(38)27-30(22,3)11-10-21-31(4)12-9-20(28(39)33(31,41)14-13-32(21,27)40)44-29-26(42-5)23(36)19(35)16-43-29/h17-29,34-41H,6-16H2,1-5H3. The third-order valence-corrected chi connectivity index (χ3v) is 13.4. The van der Waals surface area contributed by atoms with Gasteiger partial charge >= 0.3 is 0 Å². The zero-order valence-corrected chi connectivity index (χ0v) is 27.1. The molecule has 11 nitrogen and oxygen atoms in total. The molecule has 44 heavy (non-hydrogen) atoms. The van der Waals surface area contributed by atoms with E-state index in [1.54, 1.807) is 0 Å². The molecule has 17 atom stereocenters. The van der Waals surface area contributed by atoms with Crippen LogP contribution in [0.2, 0.25) is 0 Å².